The summed E-state index contributed by atoms with van der Waals surface area (Å²) in [5, 5.41) is 1.18. The van der Waals surface area contributed by atoms with Crippen molar-refractivity contribution in [2.24, 2.45) is 0 Å². The highest BCUT2D eigenvalue weighted by Gasteiger charge is 2.24. The van der Waals surface area contributed by atoms with Crippen LogP contribution in [-0.2, 0) is 13.0 Å². The van der Waals surface area contributed by atoms with Crippen LogP contribution >= 0.6 is 39.1 Å². The lowest BCUT2D eigenvalue weighted by atomic mass is 9.98. The number of fused-ring (bicyclic) bond motifs is 1. The molecule has 0 fully saturated rings. The van der Waals surface area contributed by atoms with Gasteiger partial charge in [0.15, 0.2) is 0 Å². The third-order valence-electron chi connectivity index (χ3n) is 3.54. The molecular formula is C16H12BrCl2NO. The van der Waals surface area contributed by atoms with Crippen molar-refractivity contribution in [3.63, 3.8) is 0 Å². The summed E-state index contributed by atoms with van der Waals surface area (Å²) >= 11 is 15.4. The van der Waals surface area contributed by atoms with Crippen molar-refractivity contribution in [2.45, 2.75) is 13.0 Å². The van der Waals surface area contributed by atoms with E-state index in [1.54, 1.807) is 6.07 Å². The van der Waals surface area contributed by atoms with Gasteiger partial charge in [0, 0.05) is 33.2 Å². The molecule has 5 heteroatoms. The minimum absolute atomic E-state index is 0.0497. The fourth-order valence-electron chi connectivity index (χ4n) is 2.57. The van der Waals surface area contributed by atoms with Crippen LogP contribution in [0.25, 0.3) is 0 Å². The number of carbonyl (C=O) groups is 1. The largest absolute Gasteiger partial charge is 0.334 e. The average Bonchev–Trinajstić information content (AvgIpc) is 2.41. The van der Waals surface area contributed by atoms with Gasteiger partial charge >= 0.3 is 0 Å². The molecule has 2 nitrogen and oxygen atoms in total. The van der Waals surface area contributed by atoms with E-state index in [4.69, 9.17) is 23.2 Å². The second kappa shape index (κ2) is 5.99. The van der Waals surface area contributed by atoms with Crippen molar-refractivity contribution in [1.29, 1.82) is 0 Å². The van der Waals surface area contributed by atoms with Crippen LogP contribution in [0.4, 0.5) is 0 Å². The maximum Gasteiger partial charge on any atom is 0.254 e. The highest BCUT2D eigenvalue weighted by atomic mass is 79.9. The van der Waals surface area contributed by atoms with E-state index in [9.17, 15) is 4.79 Å². The van der Waals surface area contributed by atoms with Crippen LogP contribution in [0.15, 0.2) is 40.9 Å². The summed E-state index contributed by atoms with van der Waals surface area (Å²) in [5.41, 5.74) is 2.81. The Morgan fingerprint density at radius 2 is 1.81 bits per heavy atom. The Bertz CT molecular complexity index is 697. The smallest absolute Gasteiger partial charge is 0.254 e. The van der Waals surface area contributed by atoms with Crippen molar-refractivity contribution in [3.8, 4) is 0 Å². The molecule has 0 spiro atoms. The van der Waals surface area contributed by atoms with Gasteiger partial charge in [-0.2, -0.15) is 0 Å². The summed E-state index contributed by atoms with van der Waals surface area (Å²) < 4.78 is 0.919. The standard InChI is InChI=1S/C16H12BrCl2NO/c17-12-2-1-11-3-4-20(16(21)15(11)7-12)9-10-5-13(18)8-14(19)6-10/h1-2,5-8H,3-4,9H2. The van der Waals surface area contributed by atoms with E-state index in [1.807, 2.05) is 35.2 Å². The molecule has 108 valence electrons. The summed E-state index contributed by atoms with van der Waals surface area (Å²) in [6.07, 6.45) is 0.864. The van der Waals surface area contributed by atoms with Crippen LogP contribution in [0.3, 0.4) is 0 Å². The lowest BCUT2D eigenvalue weighted by molar-refractivity contribution is 0.0727. The van der Waals surface area contributed by atoms with Crippen LogP contribution in [0.5, 0.6) is 0 Å². The first-order chi connectivity index (χ1) is 10.0. The third-order valence-corrected chi connectivity index (χ3v) is 4.47. The highest BCUT2D eigenvalue weighted by molar-refractivity contribution is 9.10. The molecule has 0 saturated carbocycles. The molecule has 3 rings (SSSR count). The van der Waals surface area contributed by atoms with Crippen LogP contribution < -0.4 is 0 Å². The molecule has 0 unspecified atom stereocenters. The van der Waals surface area contributed by atoms with E-state index in [0.717, 1.165) is 27.6 Å². The predicted octanol–water partition coefficient (Wildman–Crippen LogP) is 4.95. The SMILES string of the molecule is O=C1c2cc(Br)ccc2CCN1Cc1cc(Cl)cc(Cl)c1. The molecule has 1 heterocycles. The van der Waals surface area contributed by atoms with Crippen molar-refractivity contribution in [1.82, 2.24) is 4.90 Å². The second-order valence-electron chi connectivity index (χ2n) is 5.06. The van der Waals surface area contributed by atoms with Crippen molar-refractivity contribution < 1.29 is 4.79 Å². The Morgan fingerprint density at radius 3 is 2.52 bits per heavy atom. The fraction of sp³-hybridized carbons (Fsp3) is 0.188. The maximum absolute atomic E-state index is 12.6. The molecule has 0 aromatic heterocycles. The Labute approximate surface area is 141 Å². The number of hydrogen-bond donors (Lipinski definition) is 0. The number of nitrogens with zero attached hydrogens (tertiary/aromatic N) is 1. The Kier molecular flexibility index (Phi) is 4.25. The van der Waals surface area contributed by atoms with Gasteiger partial charge in [0.1, 0.15) is 0 Å². The normalized spacial score (nSPS) is 14.2. The van der Waals surface area contributed by atoms with Gasteiger partial charge in [0.2, 0.25) is 0 Å². The number of amides is 1. The van der Waals surface area contributed by atoms with Crippen molar-refractivity contribution >= 4 is 45.0 Å². The molecule has 0 atom stereocenters. The molecule has 0 bridgehead atoms. The predicted molar refractivity (Wildman–Crippen MR) is 89.0 cm³/mol. The molecule has 1 amide bonds. The van der Waals surface area contributed by atoms with E-state index in [-0.39, 0.29) is 5.91 Å². The summed E-state index contributed by atoms with van der Waals surface area (Å²) in [4.78, 5) is 14.4. The Morgan fingerprint density at radius 1 is 1.10 bits per heavy atom. The lowest BCUT2D eigenvalue weighted by Crippen LogP contribution is -2.37. The van der Waals surface area contributed by atoms with Gasteiger partial charge in [-0.3, -0.25) is 4.79 Å². The molecule has 2 aromatic rings. The minimum Gasteiger partial charge on any atom is -0.334 e. The van der Waals surface area contributed by atoms with Gasteiger partial charge in [-0.25, -0.2) is 0 Å². The Balaban J connectivity index is 1.86. The summed E-state index contributed by atoms with van der Waals surface area (Å²) in [5.74, 6) is 0.0497. The van der Waals surface area contributed by atoms with Gasteiger partial charge in [0.25, 0.3) is 5.91 Å². The van der Waals surface area contributed by atoms with Crippen LogP contribution in [0.1, 0.15) is 21.5 Å². The third kappa shape index (κ3) is 3.25. The van der Waals surface area contributed by atoms with E-state index in [2.05, 4.69) is 15.9 Å². The maximum atomic E-state index is 12.6. The van der Waals surface area contributed by atoms with Crippen molar-refractivity contribution in [2.75, 3.05) is 6.54 Å². The monoisotopic (exact) mass is 383 g/mol. The van der Waals surface area contributed by atoms with Crippen LogP contribution in [-0.4, -0.2) is 17.4 Å². The van der Waals surface area contributed by atoms with Gasteiger partial charge in [-0.05, 0) is 47.9 Å². The average molecular weight is 385 g/mol. The number of halogens is 3. The first kappa shape index (κ1) is 14.9. The first-order valence-corrected chi connectivity index (χ1v) is 8.10. The van der Waals surface area contributed by atoms with Crippen molar-refractivity contribution in [3.05, 3.63) is 67.6 Å². The lowest BCUT2D eigenvalue weighted by Gasteiger charge is -2.29. The zero-order chi connectivity index (χ0) is 15.0. The molecule has 2 aromatic carbocycles. The molecular weight excluding hydrogens is 373 g/mol. The Hall–Kier alpha value is -1.03. The molecule has 0 aliphatic carbocycles. The number of carbonyl (C=O) groups excluding carboxylic acids is 1. The van der Waals surface area contributed by atoms with Crippen LogP contribution in [0, 0.1) is 0 Å². The van der Waals surface area contributed by atoms with Gasteiger partial charge < -0.3 is 4.90 Å². The van der Waals surface area contributed by atoms with E-state index in [0.29, 0.717) is 23.1 Å². The van der Waals surface area contributed by atoms with E-state index in [1.165, 1.54) is 0 Å². The second-order valence-corrected chi connectivity index (χ2v) is 6.84. The number of hydrogen-bond acceptors (Lipinski definition) is 1. The number of rotatable bonds is 2. The quantitative estimate of drug-likeness (QED) is 0.716. The first-order valence-electron chi connectivity index (χ1n) is 6.55. The van der Waals surface area contributed by atoms with E-state index < -0.39 is 0 Å². The molecule has 21 heavy (non-hydrogen) atoms. The van der Waals surface area contributed by atoms with Gasteiger partial charge in [-0.1, -0.05) is 45.2 Å². The molecule has 1 aliphatic heterocycles. The van der Waals surface area contributed by atoms with Crippen LogP contribution in [0.2, 0.25) is 10.0 Å². The van der Waals surface area contributed by atoms with Gasteiger partial charge in [0.05, 0.1) is 0 Å². The highest BCUT2D eigenvalue weighted by Crippen LogP contribution is 2.25. The fourth-order valence-corrected chi connectivity index (χ4v) is 3.50. The molecule has 0 radical (unpaired) electrons. The number of benzene rings is 2. The van der Waals surface area contributed by atoms with E-state index >= 15 is 0 Å². The summed E-state index contributed by atoms with van der Waals surface area (Å²) in [6, 6.07) is 11.2. The molecule has 0 saturated heterocycles. The van der Waals surface area contributed by atoms with Gasteiger partial charge in [-0.15, -0.1) is 0 Å². The zero-order valence-corrected chi connectivity index (χ0v) is 14.2. The topological polar surface area (TPSA) is 20.3 Å². The summed E-state index contributed by atoms with van der Waals surface area (Å²) in [6.45, 7) is 1.22. The zero-order valence-electron chi connectivity index (χ0n) is 11.1. The molecule has 1 aliphatic rings. The minimum atomic E-state index is 0.0497. The summed E-state index contributed by atoms with van der Waals surface area (Å²) in [7, 11) is 0. The molecule has 0 N–H and O–H groups in total.